The maximum absolute atomic E-state index is 6.75. The fourth-order valence-corrected chi connectivity index (χ4v) is 5.61. The first-order valence-corrected chi connectivity index (χ1v) is 11.2. The van der Waals surface area contributed by atoms with Gasteiger partial charge in [0.2, 0.25) is 0 Å². The maximum atomic E-state index is 6.75. The van der Waals surface area contributed by atoms with Gasteiger partial charge in [0.25, 0.3) is 0 Å². The van der Waals surface area contributed by atoms with Crippen molar-refractivity contribution in [2.24, 2.45) is 16.3 Å². The van der Waals surface area contributed by atoms with Gasteiger partial charge in [-0.1, -0.05) is 36.9 Å². The molecule has 1 aliphatic carbocycles. The highest BCUT2D eigenvalue weighted by Gasteiger charge is 2.47. The second kappa shape index (κ2) is 7.10. The third kappa shape index (κ3) is 3.12. The predicted molar refractivity (Wildman–Crippen MR) is 123 cm³/mol. The number of piperidine rings is 1. The van der Waals surface area contributed by atoms with Gasteiger partial charge in [0.1, 0.15) is 5.66 Å². The van der Waals surface area contributed by atoms with E-state index in [4.69, 9.17) is 5.73 Å². The fourth-order valence-electron chi connectivity index (χ4n) is 5.61. The molecule has 1 saturated heterocycles. The molecule has 1 fully saturated rings. The minimum absolute atomic E-state index is 0.163. The Labute approximate surface area is 179 Å². The number of hydrazone groups is 1. The van der Waals surface area contributed by atoms with Gasteiger partial charge in [-0.15, -0.1) is 0 Å². The first-order chi connectivity index (χ1) is 14.4. The number of likely N-dealkylation sites (tertiary alicyclic amines) is 1. The molecule has 5 rings (SSSR count). The number of benzene rings is 1. The Morgan fingerprint density at radius 3 is 2.67 bits per heavy atom. The van der Waals surface area contributed by atoms with Gasteiger partial charge in [0.15, 0.2) is 0 Å². The van der Waals surface area contributed by atoms with E-state index in [1.807, 2.05) is 0 Å². The van der Waals surface area contributed by atoms with Gasteiger partial charge in [-0.3, -0.25) is 4.90 Å². The van der Waals surface area contributed by atoms with Gasteiger partial charge in [0, 0.05) is 37.8 Å². The Balaban J connectivity index is 1.24. The summed E-state index contributed by atoms with van der Waals surface area (Å²) in [4.78, 5) is 2.55. The molecule has 0 radical (unpaired) electrons. The lowest BCUT2D eigenvalue weighted by atomic mass is 9.72. The number of hydrogen-bond acceptors (Lipinski definition) is 5. The Hall–Kier alpha value is -2.37. The monoisotopic (exact) mass is 403 g/mol. The number of nitrogens with zero attached hydrogens (tertiary/aromatic N) is 2. The van der Waals surface area contributed by atoms with Gasteiger partial charge in [0.05, 0.1) is 5.71 Å². The third-order valence-corrected chi connectivity index (χ3v) is 7.73. The van der Waals surface area contributed by atoms with Crippen molar-refractivity contribution in [3.05, 3.63) is 71.5 Å². The third-order valence-electron chi connectivity index (χ3n) is 7.73. The molecule has 5 nitrogen and oxygen atoms in total. The summed E-state index contributed by atoms with van der Waals surface area (Å²) in [6, 6.07) is 9.29. The van der Waals surface area contributed by atoms with Gasteiger partial charge in [-0.25, -0.2) is 0 Å². The van der Waals surface area contributed by atoms with Crippen molar-refractivity contribution in [2.75, 3.05) is 13.1 Å². The van der Waals surface area contributed by atoms with E-state index in [0.717, 1.165) is 55.6 Å². The van der Waals surface area contributed by atoms with Crippen molar-refractivity contribution < 1.29 is 0 Å². The van der Waals surface area contributed by atoms with E-state index in [0.29, 0.717) is 6.04 Å². The van der Waals surface area contributed by atoms with Crippen LogP contribution in [0.25, 0.3) is 0 Å². The van der Waals surface area contributed by atoms with Crippen LogP contribution < -0.4 is 16.5 Å². The molecule has 5 heteroatoms. The average molecular weight is 404 g/mol. The van der Waals surface area contributed by atoms with Gasteiger partial charge < -0.3 is 16.5 Å². The number of hydrogen-bond donors (Lipinski definition) is 3. The molecular formula is C25H33N5. The second-order valence-electron chi connectivity index (χ2n) is 9.70. The van der Waals surface area contributed by atoms with Crippen LogP contribution in [0.2, 0.25) is 0 Å². The summed E-state index contributed by atoms with van der Waals surface area (Å²) in [5.41, 5.74) is 15.9. The van der Waals surface area contributed by atoms with Crippen molar-refractivity contribution in [3.63, 3.8) is 0 Å². The molecule has 3 atom stereocenters. The standard InChI is InChI=1S/C25H33N5/c1-17-14-22(29-28-17)18(2)20-8-9-24(3,27-16-20)30-12-10-25(11-13-30)15-19-6-4-5-7-21(19)23(25)26/h4-9,16-17,23,27-28H,2,10-15,26H2,1,3H3/t17-,23?,24?/m0/s1. The molecule has 2 unspecified atom stereocenters. The van der Waals surface area contributed by atoms with Crippen LogP contribution in [-0.4, -0.2) is 35.4 Å². The van der Waals surface area contributed by atoms with Crippen molar-refractivity contribution in [3.8, 4) is 0 Å². The lowest BCUT2D eigenvalue weighted by Gasteiger charge is -2.49. The summed E-state index contributed by atoms with van der Waals surface area (Å²) in [7, 11) is 0. The highest BCUT2D eigenvalue weighted by Crippen LogP contribution is 2.51. The molecule has 158 valence electrons. The first-order valence-electron chi connectivity index (χ1n) is 11.2. The second-order valence-corrected chi connectivity index (χ2v) is 9.70. The Kier molecular flexibility index (Phi) is 4.64. The van der Waals surface area contributed by atoms with Crippen molar-refractivity contribution in [2.45, 2.75) is 57.3 Å². The van der Waals surface area contributed by atoms with E-state index in [1.165, 1.54) is 11.1 Å². The van der Waals surface area contributed by atoms with E-state index in [-0.39, 0.29) is 17.1 Å². The van der Waals surface area contributed by atoms with Crippen molar-refractivity contribution in [1.82, 2.24) is 15.6 Å². The van der Waals surface area contributed by atoms with Crippen LogP contribution in [0.4, 0.5) is 0 Å². The van der Waals surface area contributed by atoms with Gasteiger partial charge in [-0.2, -0.15) is 5.10 Å². The van der Waals surface area contributed by atoms with Crippen molar-refractivity contribution >= 4 is 5.71 Å². The number of nitrogens with one attached hydrogen (secondary N) is 2. The Morgan fingerprint density at radius 1 is 1.27 bits per heavy atom. The maximum Gasteiger partial charge on any atom is 0.107 e. The highest BCUT2D eigenvalue weighted by atomic mass is 15.3. The number of nitrogens with two attached hydrogens (primary N) is 1. The van der Waals surface area contributed by atoms with E-state index >= 15 is 0 Å². The van der Waals surface area contributed by atoms with Crippen LogP contribution in [0.3, 0.4) is 0 Å². The van der Waals surface area contributed by atoms with E-state index < -0.39 is 0 Å². The summed E-state index contributed by atoms with van der Waals surface area (Å²) in [5.74, 6) is 0. The molecule has 4 aliphatic rings. The zero-order valence-corrected chi connectivity index (χ0v) is 18.1. The minimum Gasteiger partial charge on any atom is -0.369 e. The lowest BCUT2D eigenvalue weighted by molar-refractivity contribution is 0.0296. The zero-order chi connectivity index (χ0) is 20.9. The molecule has 4 N–H and O–H groups in total. The van der Waals surface area contributed by atoms with E-state index in [9.17, 15) is 0 Å². The molecule has 0 saturated carbocycles. The van der Waals surface area contributed by atoms with Crippen LogP contribution >= 0.6 is 0 Å². The average Bonchev–Trinajstić information content (AvgIpc) is 3.31. The lowest BCUT2D eigenvalue weighted by Crippen LogP contribution is -2.59. The molecule has 1 aromatic carbocycles. The van der Waals surface area contributed by atoms with E-state index in [2.05, 4.69) is 83.8 Å². The van der Waals surface area contributed by atoms with Crippen LogP contribution in [0.15, 0.2) is 65.4 Å². The first kappa shape index (κ1) is 19.6. The predicted octanol–water partition coefficient (Wildman–Crippen LogP) is 3.38. The number of rotatable bonds is 3. The summed E-state index contributed by atoms with van der Waals surface area (Å²) in [6.07, 6.45) is 10.9. The minimum atomic E-state index is -0.177. The summed E-state index contributed by atoms with van der Waals surface area (Å²) < 4.78 is 0. The molecule has 3 aliphatic heterocycles. The summed E-state index contributed by atoms with van der Waals surface area (Å²) in [6.45, 7) is 10.8. The number of fused-ring (bicyclic) bond motifs is 1. The number of allylic oxidation sites excluding steroid dienone is 3. The molecule has 1 aromatic rings. The SMILES string of the molecule is C=C(C1=CNC(C)(N2CCC3(CC2)Cc2ccccc2C3N)C=C1)C1=NN[C@@H](C)C1. The molecule has 1 spiro atoms. The topological polar surface area (TPSA) is 65.7 Å². The normalized spacial score (nSPS) is 32.2. The summed E-state index contributed by atoms with van der Waals surface area (Å²) in [5, 5.41) is 8.07. The van der Waals surface area contributed by atoms with Crippen LogP contribution in [0, 0.1) is 5.41 Å². The van der Waals surface area contributed by atoms with Gasteiger partial charge >= 0.3 is 0 Å². The molecule has 3 heterocycles. The van der Waals surface area contributed by atoms with Crippen molar-refractivity contribution in [1.29, 1.82) is 0 Å². The zero-order valence-electron chi connectivity index (χ0n) is 18.1. The Morgan fingerprint density at radius 2 is 2.03 bits per heavy atom. The number of dihydropyridines is 1. The highest BCUT2D eigenvalue weighted by molar-refractivity contribution is 6.05. The Bertz CT molecular complexity index is 950. The molecule has 30 heavy (non-hydrogen) atoms. The molecule has 0 bridgehead atoms. The fraction of sp³-hybridized carbons (Fsp3) is 0.480. The largest absolute Gasteiger partial charge is 0.369 e. The van der Waals surface area contributed by atoms with Crippen LogP contribution in [0.1, 0.15) is 50.3 Å². The molecule has 0 amide bonds. The van der Waals surface area contributed by atoms with Crippen LogP contribution in [-0.2, 0) is 6.42 Å². The quantitative estimate of drug-likeness (QED) is 0.724. The smallest absolute Gasteiger partial charge is 0.107 e. The van der Waals surface area contributed by atoms with Crippen LogP contribution in [0.5, 0.6) is 0 Å². The summed E-state index contributed by atoms with van der Waals surface area (Å²) >= 11 is 0. The molecule has 0 aromatic heterocycles. The molecular weight excluding hydrogens is 370 g/mol. The van der Waals surface area contributed by atoms with Gasteiger partial charge in [-0.05, 0) is 66.9 Å². The van der Waals surface area contributed by atoms with E-state index in [1.54, 1.807) is 0 Å².